The molecular formula is C26H22FNO4. The Morgan fingerprint density at radius 3 is 2.38 bits per heavy atom. The predicted molar refractivity (Wildman–Crippen MR) is 120 cm³/mol. The van der Waals surface area contributed by atoms with Gasteiger partial charge in [0, 0.05) is 11.3 Å². The van der Waals surface area contributed by atoms with E-state index in [1.54, 1.807) is 30.3 Å². The highest BCUT2D eigenvalue weighted by Gasteiger charge is 2.47. The van der Waals surface area contributed by atoms with E-state index in [2.05, 4.69) is 0 Å². The predicted octanol–water partition coefficient (Wildman–Crippen LogP) is 5.08. The molecule has 4 rings (SSSR count). The van der Waals surface area contributed by atoms with Gasteiger partial charge < -0.3 is 9.84 Å². The van der Waals surface area contributed by atoms with Crippen molar-refractivity contribution in [2.45, 2.75) is 19.9 Å². The van der Waals surface area contributed by atoms with Crippen molar-refractivity contribution in [3.05, 3.63) is 100 Å². The van der Waals surface area contributed by atoms with Gasteiger partial charge in [0.25, 0.3) is 11.7 Å². The van der Waals surface area contributed by atoms with Crippen molar-refractivity contribution < 1.29 is 23.8 Å². The first-order valence-corrected chi connectivity index (χ1v) is 10.1. The Bertz CT molecular complexity index is 1250. The number of ether oxygens (including phenoxy) is 1. The number of hydrogen-bond acceptors (Lipinski definition) is 4. The number of aryl methyl sites for hydroxylation is 1. The Morgan fingerprint density at radius 2 is 1.69 bits per heavy atom. The van der Waals surface area contributed by atoms with Crippen LogP contribution in [0.4, 0.5) is 10.1 Å². The summed E-state index contributed by atoms with van der Waals surface area (Å²) >= 11 is 0. The number of Topliss-reactive ketones (excluding diaryl/α,β-unsaturated/α-hetero) is 1. The van der Waals surface area contributed by atoms with Gasteiger partial charge in [0.2, 0.25) is 0 Å². The molecule has 3 aromatic rings. The highest BCUT2D eigenvalue weighted by molar-refractivity contribution is 6.51. The smallest absolute Gasteiger partial charge is 0.300 e. The Kier molecular flexibility index (Phi) is 5.53. The summed E-state index contributed by atoms with van der Waals surface area (Å²) < 4.78 is 18.8. The van der Waals surface area contributed by atoms with Gasteiger partial charge in [-0.15, -0.1) is 0 Å². The van der Waals surface area contributed by atoms with Crippen LogP contribution in [-0.2, 0) is 9.59 Å². The van der Waals surface area contributed by atoms with Crippen molar-refractivity contribution in [3.63, 3.8) is 0 Å². The summed E-state index contributed by atoms with van der Waals surface area (Å²) in [7, 11) is 1.53. The molecule has 32 heavy (non-hydrogen) atoms. The third kappa shape index (κ3) is 3.54. The molecule has 1 atom stereocenters. The molecular weight excluding hydrogens is 409 g/mol. The van der Waals surface area contributed by atoms with Gasteiger partial charge in [0.15, 0.2) is 0 Å². The van der Waals surface area contributed by atoms with Gasteiger partial charge >= 0.3 is 0 Å². The summed E-state index contributed by atoms with van der Waals surface area (Å²) in [6.45, 7) is 3.81. The molecule has 1 amide bonds. The first-order chi connectivity index (χ1) is 15.3. The van der Waals surface area contributed by atoms with Crippen LogP contribution < -0.4 is 9.64 Å². The lowest BCUT2D eigenvalue weighted by atomic mass is 9.94. The van der Waals surface area contributed by atoms with Crippen molar-refractivity contribution >= 4 is 23.1 Å². The van der Waals surface area contributed by atoms with Crippen molar-refractivity contribution in [3.8, 4) is 5.75 Å². The summed E-state index contributed by atoms with van der Waals surface area (Å²) in [4.78, 5) is 27.8. The fourth-order valence-corrected chi connectivity index (χ4v) is 3.97. The molecule has 3 aromatic carbocycles. The lowest BCUT2D eigenvalue weighted by Gasteiger charge is -2.27. The van der Waals surface area contributed by atoms with E-state index in [1.165, 1.54) is 36.3 Å². The van der Waals surface area contributed by atoms with E-state index in [-0.39, 0.29) is 16.9 Å². The minimum atomic E-state index is -0.879. The molecule has 0 aromatic heterocycles. The molecule has 1 heterocycles. The van der Waals surface area contributed by atoms with Crippen LogP contribution in [0.1, 0.15) is 28.3 Å². The van der Waals surface area contributed by atoms with E-state index in [0.29, 0.717) is 17.0 Å². The zero-order valence-corrected chi connectivity index (χ0v) is 17.9. The van der Waals surface area contributed by atoms with Crippen LogP contribution in [0.2, 0.25) is 0 Å². The van der Waals surface area contributed by atoms with Gasteiger partial charge in [0.05, 0.1) is 18.7 Å². The highest BCUT2D eigenvalue weighted by Crippen LogP contribution is 2.44. The maximum atomic E-state index is 13.4. The zero-order chi connectivity index (χ0) is 23.0. The molecule has 1 aliphatic heterocycles. The average Bonchev–Trinajstić information content (AvgIpc) is 3.06. The maximum absolute atomic E-state index is 13.4. The second kappa shape index (κ2) is 8.30. The van der Waals surface area contributed by atoms with E-state index in [4.69, 9.17) is 4.74 Å². The van der Waals surface area contributed by atoms with Gasteiger partial charge in [-0.2, -0.15) is 0 Å². The van der Waals surface area contributed by atoms with Gasteiger partial charge in [0.1, 0.15) is 17.3 Å². The summed E-state index contributed by atoms with van der Waals surface area (Å²) in [5.41, 5.74) is 3.19. The van der Waals surface area contributed by atoms with Crippen LogP contribution in [-0.4, -0.2) is 23.9 Å². The third-order valence-electron chi connectivity index (χ3n) is 5.81. The molecule has 0 saturated carbocycles. The highest BCUT2D eigenvalue weighted by atomic mass is 19.1. The Hall–Kier alpha value is -3.93. The molecule has 1 N–H and O–H groups in total. The minimum absolute atomic E-state index is 0.0595. The molecule has 1 saturated heterocycles. The van der Waals surface area contributed by atoms with Crippen LogP contribution in [0.25, 0.3) is 5.76 Å². The second-order valence-electron chi connectivity index (χ2n) is 7.67. The quantitative estimate of drug-likeness (QED) is 0.356. The largest absolute Gasteiger partial charge is 0.507 e. The molecule has 5 nitrogen and oxygen atoms in total. The van der Waals surface area contributed by atoms with Crippen molar-refractivity contribution in [2.24, 2.45) is 0 Å². The number of ketones is 1. The third-order valence-corrected chi connectivity index (χ3v) is 5.81. The first kappa shape index (κ1) is 21.3. The van der Waals surface area contributed by atoms with E-state index >= 15 is 0 Å². The molecule has 162 valence electrons. The number of hydrogen-bond donors (Lipinski definition) is 1. The number of rotatable bonds is 4. The Balaban J connectivity index is 1.99. The molecule has 1 unspecified atom stereocenters. The molecule has 0 aliphatic carbocycles. The molecule has 1 aliphatic rings. The molecule has 6 heteroatoms. The number of nitrogens with zero attached hydrogens (tertiary/aromatic N) is 1. The van der Waals surface area contributed by atoms with Gasteiger partial charge in [-0.3, -0.25) is 14.5 Å². The fourth-order valence-electron chi connectivity index (χ4n) is 3.97. The van der Waals surface area contributed by atoms with Crippen LogP contribution in [0.5, 0.6) is 5.75 Å². The average molecular weight is 431 g/mol. The lowest BCUT2D eigenvalue weighted by molar-refractivity contribution is -0.132. The van der Waals surface area contributed by atoms with E-state index in [9.17, 15) is 19.1 Å². The topological polar surface area (TPSA) is 66.8 Å². The summed E-state index contributed by atoms with van der Waals surface area (Å²) in [6, 6.07) is 16.8. The van der Waals surface area contributed by atoms with E-state index < -0.39 is 23.5 Å². The molecule has 0 bridgehead atoms. The number of carbonyl (C=O) groups excluding carboxylic acids is 2. The zero-order valence-electron chi connectivity index (χ0n) is 17.9. The van der Waals surface area contributed by atoms with Gasteiger partial charge in [-0.05, 0) is 73.0 Å². The Morgan fingerprint density at radius 1 is 1.00 bits per heavy atom. The number of aliphatic hydroxyl groups excluding tert-OH is 1. The number of aliphatic hydroxyl groups is 1. The van der Waals surface area contributed by atoms with Crippen LogP contribution in [0.3, 0.4) is 0 Å². The normalized spacial score (nSPS) is 17.6. The number of anilines is 1. The number of halogens is 1. The SMILES string of the molecule is COc1cccc(C2/C(=C(\O)c3ccc(F)cc3)C(=O)C(=O)N2c2cccc(C)c2C)c1. The monoisotopic (exact) mass is 431 g/mol. The number of amides is 1. The Labute approximate surface area is 185 Å². The van der Waals surface area contributed by atoms with Gasteiger partial charge in [-0.25, -0.2) is 4.39 Å². The van der Waals surface area contributed by atoms with Crippen LogP contribution >= 0.6 is 0 Å². The standard InChI is InChI=1S/C26H22FNO4/c1-15-6-4-9-21(16(15)2)28-23(18-7-5-8-20(14-18)32-3)22(25(30)26(28)31)24(29)17-10-12-19(27)13-11-17/h4-14,23,29H,1-3H3/b24-22+. The van der Waals surface area contributed by atoms with Crippen molar-refractivity contribution in [1.29, 1.82) is 0 Å². The number of benzene rings is 3. The molecule has 0 spiro atoms. The maximum Gasteiger partial charge on any atom is 0.300 e. The van der Waals surface area contributed by atoms with E-state index in [1.807, 2.05) is 26.0 Å². The molecule has 0 radical (unpaired) electrons. The minimum Gasteiger partial charge on any atom is -0.507 e. The summed E-state index contributed by atoms with van der Waals surface area (Å²) in [5, 5.41) is 11.1. The van der Waals surface area contributed by atoms with Gasteiger partial charge in [-0.1, -0.05) is 24.3 Å². The fraction of sp³-hybridized carbons (Fsp3) is 0.154. The summed E-state index contributed by atoms with van der Waals surface area (Å²) in [6.07, 6.45) is 0. The summed E-state index contributed by atoms with van der Waals surface area (Å²) in [5.74, 6) is -1.82. The number of carbonyl (C=O) groups is 2. The second-order valence-corrected chi connectivity index (χ2v) is 7.67. The molecule has 1 fully saturated rings. The van der Waals surface area contributed by atoms with E-state index in [0.717, 1.165) is 11.1 Å². The van der Waals surface area contributed by atoms with Crippen molar-refractivity contribution in [1.82, 2.24) is 0 Å². The lowest BCUT2D eigenvalue weighted by Crippen LogP contribution is -2.30. The first-order valence-electron chi connectivity index (χ1n) is 10.1. The van der Waals surface area contributed by atoms with Crippen molar-refractivity contribution in [2.75, 3.05) is 12.0 Å². The number of methoxy groups -OCH3 is 1. The van der Waals surface area contributed by atoms with Crippen LogP contribution in [0, 0.1) is 19.7 Å². The van der Waals surface area contributed by atoms with Crippen LogP contribution in [0.15, 0.2) is 72.3 Å².